The maximum absolute atomic E-state index is 7.01. The molecule has 0 saturated heterocycles. The summed E-state index contributed by atoms with van der Waals surface area (Å²) in [6, 6.07) is 45.2. The third-order valence-electron chi connectivity index (χ3n) is 11.4. The van der Waals surface area contributed by atoms with Crippen LogP contribution in [0.5, 0.6) is 0 Å². The first kappa shape index (κ1) is 35.5. The summed E-state index contributed by atoms with van der Waals surface area (Å²) in [5.41, 5.74) is 10.4. The molecule has 10 aromatic rings. The fraction of sp³-hybridized carbons (Fsp3) is 0. The van der Waals surface area contributed by atoms with Crippen molar-refractivity contribution in [2.75, 3.05) is 0 Å². The minimum atomic E-state index is 0.164. The van der Waals surface area contributed by atoms with Crippen molar-refractivity contribution in [3.63, 3.8) is 0 Å². The lowest BCUT2D eigenvalue weighted by Crippen LogP contribution is -2.50. The highest BCUT2D eigenvalue weighted by molar-refractivity contribution is 6.71. The van der Waals surface area contributed by atoms with Crippen LogP contribution in [0.25, 0.3) is 98.8 Å². The molecule has 1 aromatic heterocycles. The van der Waals surface area contributed by atoms with E-state index in [9.17, 15) is 0 Å². The van der Waals surface area contributed by atoms with E-state index in [4.69, 9.17) is 67.2 Å². The Balaban J connectivity index is 1.26. The van der Waals surface area contributed by atoms with Crippen LogP contribution < -0.4 is 43.7 Å². The van der Waals surface area contributed by atoms with Crippen molar-refractivity contribution in [3.8, 4) is 44.5 Å². The van der Waals surface area contributed by atoms with Gasteiger partial charge in [-0.25, -0.2) is 0 Å². The lowest BCUT2D eigenvalue weighted by atomic mass is 9.59. The van der Waals surface area contributed by atoms with E-state index in [0.717, 1.165) is 66.1 Å². The standard InChI is InChI=1S/C48H22B8O/c49-41-37-35(27-16-14-26(15-17-27)25-12-10-24(11-13-25)23-6-2-1-3-7-23)38-40(44(52)48(56)46(54)42(38)50)36(39(37)43(51)47(55)45(41)53)30-18-19-33-31(21-30)32-20-28-8-4-5-9-29(28)22-34(32)57-33/h1-22H. The number of furan rings is 1. The number of hydrogen-bond donors (Lipinski definition) is 0. The van der Waals surface area contributed by atoms with Gasteiger partial charge in [-0.1, -0.05) is 131 Å². The smallest absolute Gasteiger partial charge is 0.136 e. The van der Waals surface area contributed by atoms with Gasteiger partial charge in [-0.05, 0) is 101 Å². The second-order valence-electron chi connectivity index (χ2n) is 14.6. The van der Waals surface area contributed by atoms with Crippen molar-refractivity contribution in [1.29, 1.82) is 0 Å². The molecule has 0 fully saturated rings. The van der Waals surface area contributed by atoms with Crippen molar-refractivity contribution in [3.05, 3.63) is 133 Å². The molecule has 0 amide bonds. The van der Waals surface area contributed by atoms with Gasteiger partial charge < -0.3 is 4.42 Å². The average Bonchev–Trinajstić information content (AvgIpc) is 3.61. The normalized spacial score (nSPS) is 11.7. The Kier molecular flexibility index (Phi) is 8.31. The molecule has 9 aromatic carbocycles. The van der Waals surface area contributed by atoms with E-state index < -0.39 is 0 Å². The summed E-state index contributed by atoms with van der Waals surface area (Å²) >= 11 is 0. The predicted octanol–water partition coefficient (Wildman–Crippen LogP) is 4.06. The molecule has 0 N–H and O–H groups in total. The Hall–Kier alpha value is -5.92. The summed E-state index contributed by atoms with van der Waals surface area (Å²) < 4.78 is 6.36. The molecule has 57 heavy (non-hydrogen) atoms. The van der Waals surface area contributed by atoms with Crippen LogP contribution >= 0.6 is 0 Å². The Labute approximate surface area is 341 Å². The highest BCUT2D eigenvalue weighted by atomic mass is 16.3. The lowest BCUT2D eigenvalue weighted by Gasteiger charge is -2.28. The van der Waals surface area contributed by atoms with Gasteiger partial charge in [0.2, 0.25) is 0 Å². The van der Waals surface area contributed by atoms with Crippen LogP contribution in [0.15, 0.2) is 138 Å². The van der Waals surface area contributed by atoms with Crippen LogP contribution in [0, 0.1) is 0 Å². The Morgan fingerprint density at radius 3 is 1.14 bits per heavy atom. The molecule has 0 unspecified atom stereocenters. The first-order valence-electron chi connectivity index (χ1n) is 18.5. The molecule has 244 valence electrons. The van der Waals surface area contributed by atoms with Crippen LogP contribution in [0.2, 0.25) is 0 Å². The van der Waals surface area contributed by atoms with E-state index in [2.05, 4.69) is 78.9 Å². The summed E-state index contributed by atoms with van der Waals surface area (Å²) in [7, 11) is 54.6. The van der Waals surface area contributed by atoms with Gasteiger partial charge in [0.15, 0.2) is 0 Å². The van der Waals surface area contributed by atoms with E-state index in [1.165, 1.54) is 0 Å². The van der Waals surface area contributed by atoms with Crippen molar-refractivity contribution >= 4 is 161 Å². The molecule has 0 aliphatic rings. The van der Waals surface area contributed by atoms with Crippen LogP contribution in [-0.2, 0) is 0 Å². The molecule has 0 atom stereocenters. The molecular formula is C48H22B8O. The van der Waals surface area contributed by atoms with Gasteiger partial charge in [-0.2, -0.15) is 0 Å². The van der Waals surface area contributed by atoms with E-state index in [0.29, 0.717) is 32.7 Å². The summed E-state index contributed by atoms with van der Waals surface area (Å²) in [5.74, 6) is 0. The van der Waals surface area contributed by atoms with Crippen molar-refractivity contribution in [2.45, 2.75) is 0 Å². The third-order valence-corrected chi connectivity index (χ3v) is 11.4. The zero-order valence-electron chi connectivity index (χ0n) is 30.7. The van der Waals surface area contributed by atoms with Gasteiger partial charge in [0.05, 0.1) is 0 Å². The maximum atomic E-state index is 7.01. The third kappa shape index (κ3) is 5.43. The van der Waals surface area contributed by atoms with Crippen molar-refractivity contribution in [1.82, 2.24) is 0 Å². The topological polar surface area (TPSA) is 13.1 Å². The second-order valence-corrected chi connectivity index (χ2v) is 14.6. The van der Waals surface area contributed by atoms with Gasteiger partial charge in [-0.15, -0.1) is 21.9 Å². The molecule has 0 bridgehead atoms. The van der Waals surface area contributed by atoms with Crippen LogP contribution in [0.4, 0.5) is 0 Å². The van der Waals surface area contributed by atoms with E-state index >= 15 is 0 Å². The minimum absolute atomic E-state index is 0.164. The zero-order chi connectivity index (χ0) is 39.3. The van der Waals surface area contributed by atoms with E-state index in [1.807, 2.05) is 54.6 Å². The summed E-state index contributed by atoms with van der Waals surface area (Å²) in [5, 5.41) is 6.30. The summed E-state index contributed by atoms with van der Waals surface area (Å²) in [4.78, 5) is 0. The molecule has 1 nitrogen and oxygen atoms in total. The molecule has 9 heteroatoms. The predicted molar refractivity (Wildman–Crippen MR) is 251 cm³/mol. The quantitative estimate of drug-likeness (QED) is 0.200. The molecule has 10 rings (SSSR count). The fourth-order valence-corrected chi connectivity index (χ4v) is 8.46. The van der Waals surface area contributed by atoms with Gasteiger partial charge >= 0.3 is 0 Å². The highest BCUT2D eigenvalue weighted by Crippen LogP contribution is 2.43. The Bertz CT molecular complexity index is 3220. The van der Waals surface area contributed by atoms with Gasteiger partial charge in [0, 0.05) is 10.8 Å². The average molecular weight is 701 g/mol. The van der Waals surface area contributed by atoms with Crippen molar-refractivity contribution in [2.24, 2.45) is 0 Å². The largest absolute Gasteiger partial charge is 0.456 e. The molecule has 0 aliphatic heterocycles. The maximum Gasteiger partial charge on any atom is 0.136 e. The lowest BCUT2D eigenvalue weighted by molar-refractivity contribution is 0.669. The zero-order valence-corrected chi connectivity index (χ0v) is 30.7. The molecular weight excluding hydrogens is 679 g/mol. The monoisotopic (exact) mass is 702 g/mol. The number of fused-ring (bicyclic) bond motifs is 6. The molecule has 16 radical (unpaired) electrons. The Morgan fingerprint density at radius 1 is 0.281 bits per heavy atom. The fourth-order valence-electron chi connectivity index (χ4n) is 8.46. The van der Waals surface area contributed by atoms with E-state index in [-0.39, 0.29) is 43.7 Å². The van der Waals surface area contributed by atoms with E-state index in [1.54, 1.807) is 0 Å². The molecule has 0 saturated carbocycles. The van der Waals surface area contributed by atoms with Crippen LogP contribution in [0.1, 0.15) is 0 Å². The Morgan fingerprint density at radius 2 is 0.649 bits per heavy atom. The number of hydrogen-bond acceptors (Lipinski definition) is 1. The SMILES string of the molecule is [B]c1c([B])c([B])c2c(-c3ccc4oc5cc6ccccc6cc5c4c3)c3c([B])c([B])c([B])c([B])c3c(-c3ccc(-c4ccc(-c5ccccc5)cc4)cc3)c2c1[B]. The first-order chi connectivity index (χ1) is 27.6. The van der Waals surface area contributed by atoms with Crippen molar-refractivity contribution < 1.29 is 4.42 Å². The van der Waals surface area contributed by atoms with Gasteiger partial charge in [0.25, 0.3) is 0 Å². The number of benzene rings is 9. The van der Waals surface area contributed by atoms with Crippen LogP contribution in [-0.4, -0.2) is 62.8 Å². The number of rotatable bonds is 4. The van der Waals surface area contributed by atoms with Gasteiger partial charge in [0.1, 0.15) is 73.9 Å². The minimum Gasteiger partial charge on any atom is -0.456 e. The highest BCUT2D eigenvalue weighted by Gasteiger charge is 2.25. The second kappa shape index (κ2) is 13.3. The van der Waals surface area contributed by atoms with Crippen LogP contribution in [0.3, 0.4) is 0 Å². The summed E-state index contributed by atoms with van der Waals surface area (Å²) in [6.45, 7) is 0. The molecule has 0 aliphatic carbocycles. The first-order valence-corrected chi connectivity index (χ1v) is 18.5. The van der Waals surface area contributed by atoms with Gasteiger partial charge in [-0.3, -0.25) is 0 Å². The molecule has 0 spiro atoms. The molecule has 1 heterocycles. The summed E-state index contributed by atoms with van der Waals surface area (Å²) in [6.07, 6.45) is 0.